The number of hydrogen-bond donors (Lipinski definition) is 1. The van der Waals surface area contributed by atoms with E-state index in [4.69, 9.17) is 21.1 Å². The number of carbonyl (C=O) groups is 1. The number of nitrogens with zero attached hydrogens (tertiary/aromatic N) is 2. The molecule has 0 spiro atoms. The molecule has 0 atom stereocenters. The summed E-state index contributed by atoms with van der Waals surface area (Å²) in [7, 11) is 1.34. The first-order chi connectivity index (χ1) is 11.4. The summed E-state index contributed by atoms with van der Waals surface area (Å²) in [6.45, 7) is 5.62. The standard InChI is InChI=1S/C16H18ClN3O3S/c1-9(2)23-13-6-5-11(7-12(13)17)8-18-20-16-19-10(3)14(24-16)15(21)22-4/h5-9H,1-4H3,(H,19,20)/b18-8-. The van der Waals surface area contributed by atoms with Crippen LogP contribution in [0.1, 0.15) is 34.8 Å². The minimum absolute atomic E-state index is 0.0563. The lowest BCUT2D eigenvalue weighted by molar-refractivity contribution is 0.0605. The van der Waals surface area contributed by atoms with Crippen LogP contribution in [0.4, 0.5) is 5.13 Å². The Bertz CT molecular complexity index is 759. The van der Waals surface area contributed by atoms with Gasteiger partial charge in [-0.3, -0.25) is 5.43 Å². The maximum atomic E-state index is 11.5. The second-order valence-corrected chi connectivity index (χ2v) is 6.56. The lowest BCUT2D eigenvalue weighted by Crippen LogP contribution is -2.05. The van der Waals surface area contributed by atoms with Crippen molar-refractivity contribution in [1.29, 1.82) is 0 Å². The molecule has 1 aromatic heterocycles. The zero-order chi connectivity index (χ0) is 17.7. The average Bonchev–Trinajstić information content (AvgIpc) is 2.89. The van der Waals surface area contributed by atoms with Gasteiger partial charge in [0, 0.05) is 0 Å². The summed E-state index contributed by atoms with van der Waals surface area (Å²) in [5.74, 6) is 0.226. The van der Waals surface area contributed by atoms with E-state index in [0.29, 0.717) is 26.5 Å². The normalized spacial score (nSPS) is 11.1. The number of halogens is 1. The van der Waals surface area contributed by atoms with E-state index < -0.39 is 5.97 Å². The molecule has 8 heteroatoms. The molecular weight excluding hydrogens is 350 g/mol. The molecule has 0 bridgehead atoms. The van der Waals surface area contributed by atoms with Crippen molar-refractivity contribution >= 4 is 40.3 Å². The fourth-order valence-electron chi connectivity index (χ4n) is 1.84. The van der Waals surface area contributed by atoms with Gasteiger partial charge >= 0.3 is 5.97 Å². The molecule has 0 aliphatic rings. The zero-order valence-corrected chi connectivity index (χ0v) is 15.4. The molecule has 1 N–H and O–H groups in total. The Labute approximate surface area is 149 Å². The Kier molecular flexibility index (Phi) is 6.16. The van der Waals surface area contributed by atoms with Crippen molar-refractivity contribution in [3.05, 3.63) is 39.4 Å². The summed E-state index contributed by atoms with van der Waals surface area (Å²) in [6, 6.07) is 5.41. The third kappa shape index (κ3) is 4.69. The monoisotopic (exact) mass is 367 g/mol. The van der Waals surface area contributed by atoms with Crippen molar-refractivity contribution in [1.82, 2.24) is 4.98 Å². The number of hydrazone groups is 1. The van der Waals surface area contributed by atoms with Crippen LogP contribution in [0.25, 0.3) is 0 Å². The third-order valence-corrected chi connectivity index (χ3v) is 4.20. The summed E-state index contributed by atoms with van der Waals surface area (Å²) in [4.78, 5) is 16.2. The first-order valence-electron chi connectivity index (χ1n) is 7.21. The highest BCUT2D eigenvalue weighted by Gasteiger charge is 2.15. The quantitative estimate of drug-likeness (QED) is 0.472. The number of nitrogens with one attached hydrogen (secondary N) is 1. The minimum atomic E-state index is -0.408. The number of ether oxygens (including phenoxy) is 2. The topological polar surface area (TPSA) is 72.8 Å². The number of benzene rings is 1. The highest BCUT2D eigenvalue weighted by atomic mass is 35.5. The van der Waals surface area contributed by atoms with Crippen molar-refractivity contribution in [2.45, 2.75) is 26.9 Å². The number of thiazole rings is 1. The van der Waals surface area contributed by atoms with E-state index in [9.17, 15) is 4.79 Å². The van der Waals surface area contributed by atoms with Crippen molar-refractivity contribution in [3.8, 4) is 5.75 Å². The molecule has 128 valence electrons. The van der Waals surface area contributed by atoms with Crippen LogP contribution in [0.2, 0.25) is 5.02 Å². The Hall–Kier alpha value is -2.12. The van der Waals surface area contributed by atoms with Gasteiger partial charge in [-0.25, -0.2) is 9.78 Å². The average molecular weight is 368 g/mol. The van der Waals surface area contributed by atoms with Gasteiger partial charge in [-0.05, 0) is 44.5 Å². The van der Waals surface area contributed by atoms with Crippen LogP contribution in [0.3, 0.4) is 0 Å². The molecule has 6 nitrogen and oxygen atoms in total. The van der Waals surface area contributed by atoms with E-state index in [2.05, 4.69) is 15.5 Å². The van der Waals surface area contributed by atoms with Gasteiger partial charge < -0.3 is 9.47 Å². The highest BCUT2D eigenvalue weighted by molar-refractivity contribution is 7.17. The summed E-state index contributed by atoms with van der Waals surface area (Å²) in [5, 5.41) is 5.13. The van der Waals surface area contributed by atoms with E-state index in [0.717, 1.165) is 5.56 Å². The van der Waals surface area contributed by atoms with Gasteiger partial charge in [-0.15, -0.1) is 0 Å². The molecule has 24 heavy (non-hydrogen) atoms. The minimum Gasteiger partial charge on any atom is -0.489 e. The summed E-state index contributed by atoms with van der Waals surface area (Å²) < 4.78 is 10.3. The number of methoxy groups -OCH3 is 1. The molecule has 0 saturated carbocycles. The molecular formula is C16H18ClN3O3S. The largest absolute Gasteiger partial charge is 0.489 e. The van der Waals surface area contributed by atoms with Gasteiger partial charge in [-0.1, -0.05) is 22.9 Å². The number of esters is 1. The summed E-state index contributed by atoms with van der Waals surface area (Å²) in [5.41, 5.74) is 4.20. The Morgan fingerprint density at radius 3 is 2.83 bits per heavy atom. The Morgan fingerprint density at radius 2 is 2.21 bits per heavy atom. The highest BCUT2D eigenvalue weighted by Crippen LogP contribution is 2.26. The first kappa shape index (κ1) is 18.2. The molecule has 1 aromatic carbocycles. The SMILES string of the molecule is COC(=O)c1sc(N/N=C\c2ccc(OC(C)C)c(Cl)c2)nc1C. The molecule has 0 unspecified atom stereocenters. The molecule has 2 rings (SSSR count). The van der Waals surface area contributed by atoms with Crippen molar-refractivity contribution in [2.24, 2.45) is 5.10 Å². The van der Waals surface area contributed by atoms with E-state index in [1.54, 1.807) is 25.3 Å². The van der Waals surface area contributed by atoms with Gasteiger partial charge in [0.2, 0.25) is 5.13 Å². The first-order valence-corrected chi connectivity index (χ1v) is 8.41. The number of hydrogen-bond acceptors (Lipinski definition) is 7. The van der Waals surface area contributed by atoms with E-state index in [1.165, 1.54) is 18.4 Å². The number of aryl methyl sites for hydroxylation is 1. The molecule has 0 aliphatic carbocycles. The molecule has 1 heterocycles. The van der Waals surface area contributed by atoms with Gasteiger partial charge in [-0.2, -0.15) is 5.10 Å². The van der Waals surface area contributed by atoms with E-state index in [1.807, 2.05) is 19.9 Å². The molecule has 0 aliphatic heterocycles. The molecule has 0 radical (unpaired) electrons. The van der Waals surface area contributed by atoms with Gasteiger partial charge in [0.15, 0.2) is 0 Å². The van der Waals surface area contributed by atoms with Crippen molar-refractivity contribution in [2.75, 3.05) is 12.5 Å². The van der Waals surface area contributed by atoms with E-state index >= 15 is 0 Å². The number of aromatic nitrogens is 1. The van der Waals surface area contributed by atoms with Crippen LogP contribution >= 0.6 is 22.9 Å². The van der Waals surface area contributed by atoms with Crippen LogP contribution in [0, 0.1) is 6.92 Å². The molecule has 0 amide bonds. The second-order valence-electron chi connectivity index (χ2n) is 5.15. The second kappa shape index (κ2) is 8.12. The third-order valence-electron chi connectivity index (χ3n) is 2.86. The fraction of sp³-hybridized carbons (Fsp3) is 0.312. The van der Waals surface area contributed by atoms with Gasteiger partial charge in [0.25, 0.3) is 0 Å². The predicted octanol–water partition coefficient (Wildman–Crippen LogP) is 4.12. The zero-order valence-electron chi connectivity index (χ0n) is 13.8. The molecule has 0 fully saturated rings. The number of rotatable bonds is 6. The summed E-state index contributed by atoms with van der Waals surface area (Å²) in [6.07, 6.45) is 1.67. The van der Waals surface area contributed by atoms with Crippen molar-refractivity contribution in [3.63, 3.8) is 0 Å². The molecule has 2 aromatic rings. The van der Waals surface area contributed by atoms with Crippen molar-refractivity contribution < 1.29 is 14.3 Å². The smallest absolute Gasteiger partial charge is 0.350 e. The number of anilines is 1. The Morgan fingerprint density at radius 1 is 1.46 bits per heavy atom. The lowest BCUT2D eigenvalue weighted by Gasteiger charge is -2.11. The molecule has 0 saturated heterocycles. The maximum absolute atomic E-state index is 11.5. The van der Waals surface area contributed by atoms with Crippen LogP contribution in [0.5, 0.6) is 5.75 Å². The lowest BCUT2D eigenvalue weighted by atomic mass is 10.2. The Balaban J connectivity index is 2.04. The fourth-order valence-corrected chi connectivity index (χ4v) is 2.90. The van der Waals surface area contributed by atoms with E-state index in [-0.39, 0.29) is 6.10 Å². The van der Waals surface area contributed by atoms with Crippen LogP contribution in [-0.2, 0) is 4.74 Å². The number of carbonyl (C=O) groups excluding carboxylic acids is 1. The maximum Gasteiger partial charge on any atom is 0.350 e. The predicted molar refractivity (Wildman–Crippen MR) is 96.6 cm³/mol. The van der Waals surface area contributed by atoms with Gasteiger partial charge in [0.1, 0.15) is 10.6 Å². The van der Waals surface area contributed by atoms with Crippen LogP contribution < -0.4 is 10.2 Å². The van der Waals surface area contributed by atoms with Crippen LogP contribution in [0.15, 0.2) is 23.3 Å². The summed E-state index contributed by atoms with van der Waals surface area (Å²) >= 11 is 7.36. The van der Waals surface area contributed by atoms with Crippen LogP contribution in [-0.4, -0.2) is 30.4 Å². The van der Waals surface area contributed by atoms with Gasteiger partial charge in [0.05, 0.1) is 30.1 Å².